The Bertz CT molecular complexity index is 1370. The lowest BCUT2D eigenvalue weighted by Gasteiger charge is -2.14. The molecular formula is C26H24FN3O5S. The fourth-order valence-corrected chi connectivity index (χ4v) is 4.41. The van der Waals surface area contributed by atoms with Crippen LogP contribution in [0.1, 0.15) is 36.8 Å². The number of aromatic nitrogens is 2. The summed E-state index contributed by atoms with van der Waals surface area (Å²) >= 11 is 1.36. The molecule has 0 aliphatic rings. The summed E-state index contributed by atoms with van der Waals surface area (Å²) in [6.07, 6.45) is 0.275. The molecule has 36 heavy (non-hydrogen) atoms. The van der Waals surface area contributed by atoms with E-state index in [0.29, 0.717) is 28.6 Å². The molecule has 0 saturated heterocycles. The molecule has 0 aliphatic heterocycles. The zero-order valence-corrected chi connectivity index (χ0v) is 20.7. The number of nitrogens with zero attached hydrogens (tertiary/aromatic N) is 2. The van der Waals surface area contributed by atoms with Gasteiger partial charge in [0.15, 0.2) is 0 Å². The molecule has 1 amide bonds. The Hall–Kier alpha value is -4.05. The van der Waals surface area contributed by atoms with E-state index in [1.807, 2.05) is 24.3 Å². The highest BCUT2D eigenvalue weighted by atomic mass is 32.1. The second-order valence-electron chi connectivity index (χ2n) is 7.87. The maximum Gasteiger partial charge on any atom is 0.412 e. The Balaban J connectivity index is 1.47. The largest absolute Gasteiger partial charge is 0.466 e. The summed E-state index contributed by atoms with van der Waals surface area (Å²) in [5.41, 5.74) is 2.78. The minimum atomic E-state index is -0.795. The van der Waals surface area contributed by atoms with Crippen LogP contribution in [-0.4, -0.2) is 28.8 Å². The fourth-order valence-electron chi connectivity index (χ4n) is 3.50. The molecule has 0 spiro atoms. The Morgan fingerprint density at radius 1 is 1.17 bits per heavy atom. The molecule has 1 unspecified atom stereocenters. The van der Waals surface area contributed by atoms with E-state index in [0.717, 1.165) is 16.1 Å². The molecule has 2 heterocycles. The van der Waals surface area contributed by atoms with Crippen molar-refractivity contribution >= 4 is 29.1 Å². The summed E-state index contributed by atoms with van der Waals surface area (Å²) in [5, 5.41) is 7.35. The first-order valence-corrected chi connectivity index (χ1v) is 12.1. The van der Waals surface area contributed by atoms with Gasteiger partial charge in [-0.05, 0) is 32.4 Å². The molecule has 2 aromatic heterocycles. The summed E-state index contributed by atoms with van der Waals surface area (Å²) in [4.78, 5) is 29.3. The average molecular weight is 510 g/mol. The van der Waals surface area contributed by atoms with Gasteiger partial charge in [0.2, 0.25) is 5.76 Å². The third kappa shape index (κ3) is 5.77. The minimum absolute atomic E-state index is 0.204. The third-order valence-electron chi connectivity index (χ3n) is 5.30. The van der Waals surface area contributed by atoms with E-state index < -0.39 is 18.0 Å². The van der Waals surface area contributed by atoms with Crippen molar-refractivity contribution in [1.29, 1.82) is 0 Å². The summed E-state index contributed by atoms with van der Waals surface area (Å²) in [5.74, 6) is -0.388. The molecule has 4 rings (SSSR count). The Kier molecular flexibility index (Phi) is 7.74. The molecule has 1 N–H and O–H groups in total. The summed E-state index contributed by atoms with van der Waals surface area (Å²) in [6.45, 7) is 5.40. The van der Waals surface area contributed by atoms with Crippen LogP contribution in [0.4, 0.5) is 14.9 Å². The van der Waals surface area contributed by atoms with Gasteiger partial charge in [-0.2, -0.15) is 0 Å². The van der Waals surface area contributed by atoms with Crippen LogP contribution >= 0.6 is 11.3 Å². The standard InChI is InChI=1S/C26H24FN3O5S/c1-4-33-22(31)13-17-9-11-18(12-10-17)25-28-14-21(36-25)24-23(15(2)30-35-24)29-26(32)34-16(3)19-7-5-6-8-20(19)27/h5-12,14,16H,4,13H2,1-3H3,(H,29,32). The SMILES string of the molecule is CCOC(=O)Cc1ccc(-c2ncc(-c3onc(C)c3NC(=O)OC(C)c3ccccc3F)s2)cc1. The topological polar surface area (TPSA) is 104 Å². The van der Waals surface area contributed by atoms with Crippen LogP contribution in [-0.2, 0) is 20.7 Å². The fraction of sp³-hybridized carbons (Fsp3) is 0.231. The number of benzene rings is 2. The van der Waals surface area contributed by atoms with Gasteiger partial charge in [0, 0.05) is 17.3 Å². The molecule has 186 valence electrons. The van der Waals surface area contributed by atoms with E-state index in [-0.39, 0.29) is 18.0 Å². The van der Waals surface area contributed by atoms with E-state index in [9.17, 15) is 14.0 Å². The molecule has 0 aliphatic carbocycles. The van der Waals surface area contributed by atoms with Crippen LogP contribution < -0.4 is 5.32 Å². The van der Waals surface area contributed by atoms with Crippen molar-refractivity contribution in [2.75, 3.05) is 11.9 Å². The van der Waals surface area contributed by atoms with Gasteiger partial charge in [0.05, 0.1) is 17.9 Å². The Morgan fingerprint density at radius 3 is 2.64 bits per heavy atom. The lowest BCUT2D eigenvalue weighted by atomic mass is 10.1. The summed E-state index contributed by atoms with van der Waals surface area (Å²) in [6, 6.07) is 13.6. The highest BCUT2D eigenvalue weighted by Crippen LogP contribution is 2.37. The number of nitrogens with one attached hydrogen (secondary N) is 1. The van der Waals surface area contributed by atoms with Gasteiger partial charge in [-0.25, -0.2) is 14.2 Å². The average Bonchev–Trinajstić information content (AvgIpc) is 3.47. The van der Waals surface area contributed by atoms with Crippen LogP contribution in [0.2, 0.25) is 0 Å². The molecular weight excluding hydrogens is 485 g/mol. The minimum Gasteiger partial charge on any atom is -0.466 e. The lowest BCUT2D eigenvalue weighted by Crippen LogP contribution is -2.17. The van der Waals surface area contributed by atoms with Crippen molar-refractivity contribution < 1.29 is 28.0 Å². The first kappa shape index (κ1) is 25.1. The van der Waals surface area contributed by atoms with Gasteiger partial charge in [-0.15, -0.1) is 11.3 Å². The number of anilines is 1. The molecule has 0 radical (unpaired) electrons. The predicted molar refractivity (Wildman–Crippen MR) is 133 cm³/mol. The molecule has 10 heteroatoms. The second kappa shape index (κ2) is 11.1. The monoisotopic (exact) mass is 509 g/mol. The van der Waals surface area contributed by atoms with Crippen molar-refractivity contribution in [3.05, 3.63) is 77.4 Å². The summed E-state index contributed by atoms with van der Waals surface area (Å²) < 4.78 is 29.8. The number of ether oxygens (including phenoxy) is 2. The second-order valence-corrected chi connectivity index (χ2v) is 8.91. The molecule has 1 atom stereocenters. The number of carbonyl (C=O) groups is 2. The Labute approximate surface area is 211 Å². The van der Waals surface area contributed by atoms with E-state index in [1.54, 1.807) is 45.2 Å². The first-order chi connectivity index (χ1) is 17.4. The first-order valence-electron chi connectivity index (χ1n) is 11.2. The van der Waals surface area contributed by atoms with Crippen LogP contribution in [0.15, 0.2) is 59.3 Å². The number of hydrogen-bond acceptors (Lipinski definition) is 8. The van der Waals surface area contributed by atoms with Crippen molar-refractivity contribution in [3.63, 3.8) is 0 Å². The summed E-state index contributed by atoms with van der Waals surface area (Å²) in [7, 11) is 0. The number of esters is 1. The molecule has 0 bridgehead atoms. The molecule has 2 aromatic carbocycles. The molecule has 8 nitrogen and oxygen atoms in total. The van der Waals surface area contributed by atoms with Crippen LogP contribution in [0.25, 0.3) is 21.2 Å². The number of thiazole rings is 1. The normalized spacial score (nSPS) is 11.7. The van der Waals surface area contributed by atoms with E-state index >= 15 is 0 Å². The zero-order valence-electron chi connectivity index (χ0n) is 19.9. The van der Waals surface area contributed by atoms with Crippen LogP contribution in [0.5, 0.6) is 0 Å². The lowest BCUT2D eigenvalue weighted by molar-refractivity contribution is -0.142. The highest BCUT2D eigenvalue weighted by molar-refractivity contribution is 7.18. The molecule has 4 aromatic rings. The van der Waals surface area contributed by atoms with E-state index in [1.165, 1.54) is 17.4 Å². The van der Waals surface area contributed by atoms with Crippen molar-refractivity contribution in [3.8, 4) is 21.2 Å². The predicted octanol–water partition coefficient (Wildman–Crippen LogP) is 6.33. The van der Waals surface area contributed by atoms with Gasteiger partial charge in [-0.1, -0.05) is 47.6 Å². The number of halogens is 1. The van der Waals surface area contributed by atoms with Crippen molar-refractivity contribution in [2.45, 2.75) is 33.3 Å². The van der Waals surface area contributed by atoms with E-state index in [4.69, 9.17) is 14.0 Å². The number of carbonyl (C=O) groups excluding carboxylic acids is 2. The number of hydrogen-bond donors (Lipinski definition) is 1. The van der Waals surface area contributed by atoms with Gasteiger partial charge in [0.1, 0.15) is 28.3 Å². The van der Waals surface area contributed by atoms with E-state index in [2.05, 4.69) is 15.5 Å². The van der Waals surface area contributed by atoms with Crippen molar-refractivity contribution in [1.82, 2.24) is 10.1 Å². The molecule has 0 saturated carbocycles. The van der Waals surface area contributed by atoms with Gasteiger partial charge < -0.3 is 14.0 Å². The maximum atomic E-state index is 14.0. The van der Waals surface area contributed by atoms with Gasteiger partial charge in [-0.3, -0.25) is 10.1 Å². The van der Waals surface area contributed by atoms with Crippen molar-refractivity contribution in [2.24, 2.45) is 0 Å². The van der Waals surface area contributed by atoms with Gasteiger partial charge in [0.25, 0.3) is 0 Å². The number of amides is 1. The molecule has 0 fully saturated rings. The zero-order chi connectivity index (χ0) is 25.7. The number of rotatable bonds is 8. The maximum absolute atomic E-state index is 14.0. The Morgan fingerprint density at radius 2 is 1.92 bits per heavy atom. The van der Waals surface area contributed by atoms with Crippen LogP contribution in [0, 0.1) is 12.7 Å². The smallest absolute Gasteiger partial charge is 0.412 e. The number of aryl methyl sites for hydroxylation is 1. The third-order valence-corrected chi connectivity index (χ3v) is 6.35. The van der Waals surface area contributed by atoms with Crippen LogP contribution in [0.3, 0.4) is 0 Å². The quantitative estimate of drug-likeness (QED) is 0.277. The van der Waals surface area contributed by atoms with Gasteiger partial charge >= 0.3 is 12.1 Å². The highest BCUT2D eigenvalue weighted by Gasteiger charge is 2.22.